The van der Waals surface area contributed by atoms with Gasteiger partial charge < -0.3 is 15.1 Å². The van der Waals surface area contributed by atoms with Crippen molar-refractivity contribution in [1.29, 1.82) is 0 Å². The fourth-order valence-electron chi connectivity index (χ4n) is 3.06. The Bertz CT molecular complexity index is 799. The Morgan fingerprint density at radius 1 is 1.00 bits per heavy atom. The number of nitrogens with zero attached hydrogens (tertiary/aromatic N) is 2. The molecule has 0 radical (unpaired) electrons. The number of amides is 2. The number of benzene rings is 2. The number of carbonyl (C=O) groups is 2. The van der Waals surface area contributed by atoms with E-state index in [9.17, 15) is 9.59 Å². The number of nitrogens with one attached hydrogen (secondary N) is 1. The minimum absolute atomic E-state index is 0.0414. The van der Waals surface area contributed by atoms with E-state index in [1.165, 1.54) is 0 Å². The molecule has 1 aliphatic rings. The third-order valence-corrected chi connectivity index (χ3v) is 5.15. The largest absolute Gasteiger partial charge is 0.336 e. The summed E-state index contributed by atoms with van der Waals surface area (Å²) < 4.78 is 0. The minimum atomic E-state index is -0.0759. The molecule has 1 saturated heterocycles. The number of piperazine rings is 1. The highest BCUT2D eigenvalue weighted by Crippen LogP contribution is 2.17. The van der Waals surface area contributed by atoms with Crippen LogP contribution in [0.2, 0.25) is 5.02 Å². The zero-order valence-corrected chi connectivity index (χ0v) is 16.2. The maximum atomic E-state index is 12.5. The second-order valence-corrected chi connectivity index (χ2v) is 7.22. The van der Waals surface area contributed by atoms with Crippen molar-refractivity contribution in [2.24, 2.45) is 0 Å². The van der Waals surface area contributed by atoms with E-state index in [1.54, 1.807) is 24.3 Å². The lowest BCUT2D eigenvalue weighted by Gasteiger charge is -2.32. The SMILES string of the molecule is CN1CCN(C(=O)c2ccc(NC(=O)CCc3ccccc3Cl)cc2)CC1. The molecular weight excluding hydrogens is 362 g/mol. The molecule has 0 aromatic heterocycles. The Morgan fingerprint density at radius 3 is 2.33 bits per heavy atom. The van der Waals surface area contributed by atoms with Crippen LogP contribution in [0, 0.1) is 0 Å². The van der Waals surface area contributed by atoms with Gasteiger partial charge in [-0.15, -0.1) is 0 Å². The highest BCUT2D eigenvalue weighted by molar-refractivity contribution is 6.31. The predicted molar refractivity (Wildman–Crippen MR) is 108 cm³/mol. The maximum Gasteiger partial charge on any atom is 0.253 e. The van der Waals surface area contributed by atoms with Crippen LogP contribution in [0.25, 0.3) is 0 Å². The van der Waals surface area contributed by atoms with Gasteiger partial charge in [0.05, 0.1) is 0 Å². The Kier molecular flexibility index (Phi) is 6.48. The highest BCUT2D eigenvalue weighted by atomic mass is 35.5. The molecule has 0 spiro atoms. The van der Waals surface area contributed by atoms with Crippen LogP contribution in [0.4, 0.5) is 5.69 Å². The van der Waals surface area contributed by atoms with Crippen LogP contribution >= 0.6 is 11.6 Å². The molecule has 3 rings (SSSR count). The van der Waals surface area contributed by atoms with Gasteiger partial charge in [-0.3, -0.25) is 9.59 Å². The molecule has 2 aromatic rings. The van der Waals surface area contributed by atoms with Crippen molar-refractivity contribution in [3.63, 3.8) is 0 Å². The molecule has 27 heavy (non-hydrogen) atoms. The average molecular weight is 386 g/mol. The topological polar surface area (TPSA) is 52.6 Å². The summed E-state index contributed by atoms with van der Waals surface area (Å²) in [7, 11) is 2.06. The summed E-state index contributed by atoms with van der Waals surface area (Å²) in [6.07, 6.45) is 0.942. The van der Waals surface area contributed by atoms with Gasteiger partial charge >= 0.3 is 0 Å². The van der Waals surface area contributed by atoms with Crippen molar-refractivity contribution in [3.05, 3.63) is 64.7 Å². The van der Waals surface area contributed by atoms with Gasteiger partial charge in [-0.25, -0.2) is 0 Å². The van der Waals surface area contributed by atoms with Crippen molar-refractivity contribution in [2.75, 3.05) is 38.5 Å². The van der Waals surface area contributed by atoms with Gasteiger partial charge in [0.15, 0.2) is 0 Å². The zero-order valence-electron chi connectivity index (χ0n) is 15.5. The van der Waals surface area contributed by atoms with Crippen LogP contribution in [-0.2, 0) is 11.2 Å². The molecule has 0 bridgehead atoms. The van der Waals surface area contributed by atoms with Crippen LogP contribution in [-0.4, -0.2) is 54.8 Å². The number of rotatable bonds is 5. The van der Waals surface area contributed by atoms with Crippen LogP contribution in [0.5, 0.6) is 0 Å². The molecule has 2 amide bonds. The quantitative estimate of drug-likeness (QED) is 0.859. The monoisotopic (exact) mass is 385 g/mol. The van der Waals surface area contributed by atoms with Gasteiger partial charge in [-0.1, -0.05) is 29.8 Å². The van der Waals surface area contributed by atoms with E-state index in [2.05, 4.69) is 17.3 Å². The number of carbonyl (C=O) groups excluding carboxylic acids is 2. The van der Waals surface area contributed by atoms with Gasteiger partial charge in [-0.2, -0.15) is 0 Å². The molecule has 1 aliphatic heterocycles. The Labute approximate surface area is 164 Å². The van der Waals surface area contributed by atoms with Crippen LogP contribution in [0.3, 0.4) is 0 Å². The van der Waals surface area contributed by atoms with E-state index in [-0.39, 0.29) is 11.8 Å². The van der Waals surface area contributed by atoms with Crippen molar-refractivity contribution in [1.82, 2.24) is 9.80 Å². The Hall–Kier alpha value is -2.37. The molecule has 0 atom stereocenters. The number of likely N-dealkylation sites (N-methyl/N-ethyl adjacent to an activating group) is 1. The molecular formula is C21H24ClN3O2. The van der Waals surface area contributed by atoms with Crippen molar-refractivity contribution < 1.29 is 9.59 Å². The summed E-state index contributed by atoms with van der Waals surface area (Å²) in [5.74, 6) is -0.0345. The Morgan fingerprint density at radius 2 is 1.67 bits per heavy atom. The fourth-order valence-corrected chi connectivity index (χ4v) is 3.29. The van der Waals surface area contributed by atoms with Gasteiger partial charge in [0.2, 0.25) is 5.91 Å². The summed E-state index contributed by atoms with van der Waals surface area (Å²) in [6.45, 7) is 3.28. The number of hydrogen-bond donors (Lipinski definition) is 1. The van der Waals surface area contributed by atoms with E-state index >= 15 is 0 Å². The lowest BCUT2D eigenvalue weighted by atomic mass is 10.1. The number of aryl methyl sites for hydroxylation is 1. The molecule has 1 heterocycles. The van der Waals surface area contributed by atoms with Crippen LogP contribution < -0.4 is 5.32 Å². The molecule has 1 N–H and O–H groups in total. The molecule has 0 aliphatic carbocycles. The number of halogens is 1. The highest BCUT2D eigenvalue weighted by Gasteiger charge is 2.20. The van der Waals surface area contributed by atoms with E-state index < -0.39 is 0 Å². The molecule has 6 heteroatoms. The third-order valence-electron chi connectivity index (χ3n) is 4.79. The number of hydrogen-bond acceptors (Lipinski definition) is 3. The van der Waals surface area contributed by atoms with E-state index in [0.717, 1.165) is 31.7 Å². The van der Waals surface area contributed by atoms with Gasteiger partial charge in [0.25, 0.3) is 5.91 Å². The van der Waals surface area contributed by atoms with Crippen molar-refractivity contribution in [3.8, 4) is 0 Å². The average Bonchev–Trinajstić information content (AvgIpc) is 2.68. The first-order valence-electron chi connectivity index (χ1n) is 9.14. The fraction of sp³-hybridized carbons (Fsp3) is 0.333. The molecule has 1 fully saturated rings. The molecule has 0 saturated carbocycles. The van der Waals surface area contributed by atoms with E-state index in [4.69, 9.17) is 11.6 Å². The summed E-state index contributed by atoms with van der Waals surface area (Å²) in [5, 5.41) is 3.55. The normalized spacial score (nSPS) is 14.8. The van der Waals surface area contributed by atoms with Gasteiger partial charge in [0, 0.05) is 48.9 Å². The standard InChI is InChI=1S/C21H24ClN3O2/c1-24-12-14-25(15-13-24)21(27)17-6-9-18(10-7-17)23-20(26)11-8-16-4-2-3-5-19(16)22/h2-7,9-10H,8,11-15H2,1H3,(H,23,26). The maximum absolute atomic E-state index is 12.5. The van der Waals surface area contributed by atoms with Crippen LogP contribution in [0.15, 0.2) is 48.5 Å². The number of anilines is 1. The summed E-state index contributed by atoms with van der Waals surface area (Å²) in [6, 6.07) is 14.6. The predicted octanol–water partition coefficient (Wildman–Crippen LogP) is 3.30. The first-order chi connectivity index (χ1) is 13.0. The lowest BCUT2D eigenvalue weighted by molar-refractivity contribution is -0.116. The third kappa shape index (κ3) is 5.31. The second kappa shape index (κ2) is 9.02. The van der Waals surface area contributed by atoms with E-state index in [0.29, 0.717) is 29.1 Å². The van der Waals surface area contributed by atoms with Crippen molar-refractivity contribution in [2.45, 2.75) is 12.8 Å². The summed E-state index contributed by atoms with van der Waals surface area (Å²) in [4.78, 5) is 28.8. The zero-order chi connectivity index (χ0) is 19.2. The molecule has 142 valence electrons. The minimum Gasteiger partial charge on any atom is -0.336 e. The summed E-state index contributed by atoms with van der Waals surface area (Å²) >= 11 is 6.12. The second-order valence-electron chi connectivity index (χ2n) is 6.81. The molecule has 2 aromatic carbocycles. The molecule has 5 nitrogen and oxygen atoms in total. The first-order valence-corrected chi connectivity index (χ1v) is 9.52. The van der Waals surface area contributed by atoms with Crippen molar-refractivity contribution >= 4 is 29.1 Å². The molecule has 0 unspecified atom stereocenters. The van der Waals surface area contributed by atoms with Crippen LogP contribution in [0.1, 0.15) is 22.3 Å². The smallest absolute Gasteiger partial charge is 0.253 e. The lowest BCUT2D eigenvalue weighted by Crippen LogP contribution is -2.47. The van der Waals surface area contributed by atoms with Gasteiger partial charge in [-0.05, 0) is 49.4 Å². The van der Waals surface area contributed by atoms with E-state index in [1.807, 2.05) is 29.2 Å². The van der Waals surface area contributed by atoms with Gasteiger partial charge in [0.1, 0.15) is 0 Å². The first kappa shape index (κ1) is 19.4. The summed E-state index contributed by atoms with van der Waals surface area (Å²) in [5.41, 5.74) is 2.30. The Balaban J connectivity index is 1.52.